The fraction of sp³-hybridized carbons (Fsp3) is 0.200. The Morgan fingerprint density at radius 1 is 1.00 bits per heavy atom. The van der Waals surface area contributed by atoms with E-state index in [1.54, 1.807) is 18.2 Å². The van der Waals surface area contributed by atoms with E-state index in [0.717, 1.165) is 23.3 Å². The van der Waals surface area contributed by atoms with E-state index in [2.05, 4.69) is 21.2 Å². The highest BCUT2D eigenvalue weighted by molar-refractivity contribution is 9.10. The molecular formula is C15H13BrF3NO. The number of hydrogen-bond acceptors (Lipinski definition) is 2. The first-order chi connectivity index (χ1) is 9.88. The van der Waals surface area contributed by atoms with Crippen molar-refractivity contribution in [3.8, 4) is 5.75 Å². The molecule has 0 saturated heterocycles. The summed E-state index contributed by atoms with van der Waals surface area (Å²) >= 11 is 3.23. The lowest BCUT2D eigenvalue weighted by Crippen LogP contribution is -2.13. The molecule has 0 aliphatic rings. The summed E-state index contributed by atoms with van der Waals surface area (Å²) in [6, 6.07) is 10.3. The van der Waals surface area contributed by atoms with Crippen LogP contribution in [0.15, 0.2) is 46.9 Å². The highest BCUT2D eigenvalue weighted by atomic mass is 79.9. The number of para-hydroxylation sites is 1. The molecule has 6 heteroatoms. The third-order valence-electron chi connectivity index (χ3n) is 3.00. The van der Waals surface area contributed by atoms with Crippen LogP contribution in [0.3, 0.4) is 0 Å². The normalized spacial score (nSPS) is 11.6. The summed E-state index contributed by atoms with van der Waals surface area (Å²) in [5.41, 5.74) is 0.810. The van der Waals surface area contributed by atoms with E-state index >= 15 is 0 Å². The maximum absolute atomic E-state index is 12.4. The first kappa shape index (κ1) is 15.9. The molecule has 0 saturated carbocycles. The summed E-state index contributed by atoms with van der Waals surface area (Å²) in [5.74, 6) is 0.164. The zero-order valence-electron chi connectivity index (χ0n) is 10.9. The molecular weight excluding hydrogens is 347 g/mol. The molecule has 0 heterocycles. The quantitative estimate of drug-likeness (QED) is 0.844. The molecule has 0 atom stereocenters. The summed E-state index contributed by atoms with van der Waals surface area (Å²) in [4.78, 5) is 0. The molecule has 112 valence electrons. The maximum Gasteiger partial charge on any atom is 0.416 e. The number of phenolic OH excluding ortho intramolecular Hbond substituents is 1. The second-order valence-corrected chi connectivity index (χ2v) is 5.40. The molecule has 0 amide bonds. The minimum Gasteiger partial charge on any atom is -0.506 e. The lowest BCUT2D eigenvalue weighted by atomic mass is 10.1. The minimum atomic E-state index is -4.31. The molecule has 0 radical (unpaired) electrons. The Morgan fingerprint density at radius 3 is 2.29 bits per heavy atom. The van der Waals surface area contributed by atoms with E-state index in [-0.39, 0.29) is 5.75 Å². The number of nitrogens with one attached hydrogen (secondary N) is 1. The molecule has 0 fully saturated rings. The number of alkyl halides is 3. The summed E-state index contributed by atoms with van der Waals surface area (Å²) in [6.07, 6.45) is -4.31. The van der Waals surface area contributed by atoms with Gasteiger partial charge < -0.3 is 10.4 Å². The number of benzene rings is 2. The average Bonchev–Trinajstić information content (AvgIpc) is 2.43. The minimum absolute atomic E-state index is 0.164. The van der Waals surface area contributed by atoms with Gasteiger partial charge in [-0.05, 0) is 39.7 Å². The fourth-order valence-electron chi connectivity index (χ4n) is 1.86. The highest BCUT2D eigenvalue weighted by Gasteiger charge is 2.29. The van der Waals surface area contributed by atoms with Crippen LogP contribution < -0.4 is 5.32 Å². The van der Waals surface area contributed by atoms with Gasteiger partial charge in [0.25, 0.3) is 0 Å². The van der Waals surface area contributed by atoms with Crippen LogP contribution in [-0.2, 0) is 19.3 Å². The van der Waals surface area contributed by atoms with Crippen LogP contribution in [0.5, 0.6) is 5.75 Å². The Kier molecular flexibility index (Phi) is 4.90. The Morgan fingerprint density at radius 2 is 1.67 bits per heavy atom. The molecule has 21 heavy (non-hydrogen) atoms. The summed E-state index contributed by atoms with van der Waals surface area (Å²) in [7, 11) is 0. The third kappa shape index (κ3) is 4.22. The van der Waals surface area contributed by atoms with Gasteiger partial charge >= 0.3 is 6.18 Å². The van der Waals surface area contributed by atoms with E-state index in [1.165, 1.54) is 12.1 Å². The van der Waals surface area contributed by atoms with Crippen LogP contribution in [0.1, 0.15) is 16.7 Å². The molecule has 2 aromatic carbocycles. The first-order valence-corrected chi connectivity index (χ1v) is 7.00. The topological polar surface area (TPSA) is 32.3 Å². The molecule has 2 aromatic rings. The van der Waals surface area contributed by atoms with E-state index in [4.69, 9.17) is 0 Å². The number of hydrogen-bond donors (Lipinski definition) is 2. The second-order valence-electron chi connectivity index (χ2n) is 4.55. The summed E-state index contributed by atoms with van der Waals surface area (Å²) in [5, 5.41) is 12.9. The number of rotatable bonds is 4. The van der Waals surface area contributed by atoms with Crippen molar-refractivity contribution in [3.05, 3.63) is 63.6 Å². The van der Waals surface area contributed by atoms with Crippen molar-refractivity contribution in [2.45, 2.75) is 19.3 Å². The van der Waals surface area contributed by atoms with Crippen molar-refractivity contribution in [3.63, 3.8) is 0 Å². The van der Waals surface area contributed by atoms with Crippen LogP contribution in [0.4, 0.5) is 13.2 Å². The van der Waals surface area contributed by atoms with Crippen LogP contribution in [0.2, 0.25) is 0 Å². The summed E-state index contributed by atoms with van der Waals surface area (Å²) < 4.78 is 37.9. The molecule has 2 nitrogen and oxygen atoms in total. The van der Waals surface area contributed by atoms with Gasteiger partial charge in [-0.3, -0.25) is 0 Å². The molecule has 0 spiro atoms. The van der Waals surface area contributed by atoms with Crippen molar-refractivity contribution in [2.75, 3.05) is 0 Å². The zero-order valence-corrected chi connectivity index (χ0v) is 12.5. The largest absolute Gasteiger partial charge is 0.506 e. The number of phenols is 1. The molecule has 0 unspecified atom stereocenters. The smallest absolute Gasteiger partial charge is 0.416 e. The monoisotopic (exact) mass is 359 g/mol. The second kappa shape index (κ2) is 6.49. The fourth-order valence-corrected chi connectivity index (χ4v) is 2.26. The van der Waals surface area contributed by atoms with Crippen LogP contribution in [0, 0.1) is 0 Å². The van der Waals surface area contributed by atoms with Crippen molar-refractivity contribution >= 4 is 15.9 Å². The Balaban J connectivity index is 1.93. The van der Waals surface area contributed by atoms with Gasteiger partial charge in [-0.2, -0.15) is 13.2 Å². The Labute approximate surface area is 128 Å². The first-order valence-electron chi connectivity index (χ1n) is 6.21. The van der Waals surface area contributed by atoms with Gasteiger partial charge in [0.2, 0.25) is 0 Å². The number of halogens is 4. The van der Waals surface area contributed by atoms with Crippen LogP contribution >= 0.6 is 15.9 Å². The zero-order chi connectivity index (χ0) is 15.5. The average molecular weight is 360 g/mol. The summed E-state index contributed by atoms with van der Waals surface area (Å²) in [6.45, 7) is 0.844. The van der Waals surface area contributed by atoms with E-state index in [1.807, 2.05) is 0 Å². The van der Waals surface area contributed by atoms with E-state index in [0.29, 0.717) is 17.6 Å². The van der Waals surface area contributed by atoms with Gasteiger partial charge in [-0.1, -0.05) is 24.3 Å². The standard InChI is InChI=1S/C15H13BrF3NO/c16-13-3-1-2-11(14(13)21)9-20-8-10-4-6-12(7-5-10)15(17,18)19/h1-7,20-21H,8-9H2. The molecule has 0 bridgehead atoms. The van der Waals surface area contributed by atoms with Gasteiger partial charge in [0.05, 0.1) is 10.0 Å². The van der Waals surface area contributed by atoms with Crippen molar-refractivity contribution in [1.29, 1.82) is 0 Å². The van der Waals surface area contributed by atoms with Crippen LogP contribution in [0.25, 0.3) is 0 Å². The molecule has 2 rings (SSSR count). The van der Waals surface area contributed by atoms with Gasteiger partial charge in [-0.15, -0.1) is 0 Å². The van der Waals surface area contributed by atoms with Gasteiger partial charge in [0.15, 0.2) is 0 Å². The van der Waals surface area contributed by atoms with Gasteiger partial charge in [0, 0.05) is 18.7 Å². The molecule has 0 aliphatic heterocycles. The predicted octanol–water partition coefficient (Wildman–Crippen LogP) is 4.46. The lowest BCUT2D eigenvalue weighted by Gasteiger charge is -2.10. The van der Waals surface area contributed by atoms with E-state index < -0.39 is 11.7 Å². The van der Waals surface area contributed by atoms with Crippen molar-refractivity contribution in [2.24, 2.45) is 0 Å². The van der Waals surface area contributed by atoms with E-state index in [9.17, 15) is 18.3 Å². The Hall–Kier alpha value is -1.53. The van der Waals surface area contributed by atoms with Gasteiger partial charge in [0.1, 0.15) is 5.75 Å². The SMILES string of the molecule is Oc1c(Br)cccc1CNCc1ccc(C(F)(F)F)cc1. The molecule has 2 N–H and O–H groups in total. The Bertz CT molecular complexity index is 611. The highest BCUT2D eigenvalue weighted by Crippen LogP contribution is 2.29. The predicted molar refractivity (Wildman–Crippen MR) is 77.8 cm³/mol. The maximum atomic E-state index is 12.4. The molecule has 0 aliphatic carbocycles. The van der Waals surface area contributed by atoms with Gasteiger partial charge in [-0.25, -0.2) is 0 Å². The third-order valence-corrected chi connectivity index (χ3v) is 3.64. The lowest BCUT2D eigenvalue weighted by molar-refractivity contribution is -0.137. The van der Waals surface area contributed by atoms with Crippen molar-refractivity contribution in [1.82, 2.24) is 5.32 Å². The molecule has 0 aromatic heterocycles. The number of aromatic hydroxyl groups is 1. The van der Waals surface area contributed by atoms with Crippen molar-refractivity contribution < 1.29 is 18.3 Å². The van der Waals surface area contributed by atoms with Crippen LogP contribution in [-0.4, -0.2) is 5.11 Å².